The standard InChI is InChI=1S/C20H25N3O4/c1-4-22(5-2)18(15-9-7-6-8-10-15)14-21-20(24)16-11-12-19(27-3)17(13-16)23(25)26/h6-13,18H,4-5,14H2,1-3H3,(H,21,24). The molecular formula is C20H25N3O4. The van der Waals surface area contributed by atoms with Gasteiger partial charge in [0.1, 0.15) is 0 Å². The lowest BCUT2D eigenvalue weighted by Gasteiger charge is -2.30. The first-order valence-electron chi connectivity index (χ1n) is 8.91. The molecule has 1 N–H and O–H groups in total. The minimum atomic E-state index is -0.557. The van der Waals surface area contributed by atoms with Crippen LogP contribution in [0.5, 0.6) is 5.75 Å². The number of methoxy groups -OCH3 is 1. The summed E-state index contributed by atoms with van der Waals surface area (Å²) < 4.78 is 4.98. The van der Waals surface area contributed by atoms with E-state index in [-0.39, 0.29) is 28.9 Å². The van der Waals surface area contributed by atoms with Crippen LogP contribution in [0, 0.1) is 10.1 Å². The van der Waals surface area contributed by atoms with Gasteiger partial charge in [0.15, 0.2) is 5.75 Å². The predicted molar refractivity (Wildman–Crippen MR) is 104 cm³/mol. The molecule has 144 valence electrons. The van der Waals surface area contributed by atoms with Crippen molar-refractivity contribution in [3.8, 4) is 5.75 Å². The van der Waals surface area contributed by atoms with E-state index in [1.54, 1.807) is 0 Å². The van der Waals surface area contributed by atoms with Gasteiger partial charge in [-0.05, 0) is 30.8 Å². The zero-order valence-electron chi connectivity index (χ0n) is 15.8. The molecule has 1 unspecified atom stereocenters. The zero-order valence-corrected chi connectivity index (χ0v) is 15.8. The molecule has 0 fully saturated rings. The maximum atomic E-state index is 12.6. The van der Waals surface area contributed by atoms with E-state index in [9.17, 15) is 14.9 Å². The molecule has 1 atom stereocenters. The van der Waals surface area contributed by atoms with Gasteiger partial charge < -0.3 is 10.1 Å². The highest BCUT2D eigenvalue weighted by Crippen LogP contribution is 2.27. The van der Waals surface area contributed by atoms with Crippen molar-refractivity contribution in [3.63, 3.8) is 0 Å². The molecule has 0 aliphatic heterocycles. The fourth-order valence-electron chi connectivity index (χ4n) is 3.06. The third-order valence-corrected chi connectivity index (χ3v) is 4.53. The molecule has 0 spiro atoms. The van der Waals surface area contributed by atoms with Crippen LogP contribution >= 0.6 is 0 Å². The summed E-state index contributed by atoms with van der Waals surface area (Å²) in [5.74, 6) is -0.226. The Morgan fingerprint density at radius 3 is 2.41 bits per heavy atom. The summed E-state index contributed by atoms with van der Waals surface area (Å²) in [7, 11) is 1.36. The van der Waals surface area contributed by atoms with Crippen LogP contribution in [0.2, 0.25) is 0 Å². The van der Waals surface area contributed by atoms with E-state index in [0.717, 1.165) is 18.7 Å². The smallest absolute Gasteiger partial charge is 0.311 e. The van der Waals surface area contributed by atoms with Gasteiger partial charge in [-0.3, -0.25) is 19.8 Å². The van der Waals surface area contributed by atoms with Gasteiger partial charge in [0.2, 0.25) is 0 Å². The van der Waals surface area contributed by atoms with E-state index in [2.05, 4.69) is 24.1 Å². The molecule has 7 heteroatoms. The normalized spacial score (nSPS) is 11.9. The molecule has 2 rings (SSSR count). The molecule has 0 saturated heterocycles. The van der Waals surface area contributed by atoms with Gasteiger partial charge in [-0.25, -0.2) is 0 Å². The van der Waals surface area contributed by atoms with Crippen LogP contribution in [0.3, 0.4) is 0 Å². The lowest BCUT2D eigenvalue weighted by Crippen LogP contribution is -2.38. The summed E-state index contributed by atoms with van der Waals surface area (Å²) in [6.07, 6.45) is 0. The van der Waals surface area contributed by atoms with Gasteiger partial charge in [-0.1, -0.05) is 44.2 Å². The Morgan fingerprint density at radius 1 is 1.19 bits per heavy atom. The van der Waals surface area contributed by atoms with E-state index in [1.807, 2.05) is 30.3 Å². The monoisotopic (exact) mass is 371 g/mol. The van der Waals surface area contributed by atoms with Crippen molar-refractivity contribution in [1.82, 2.24) is 10.2 Å². The number of hydrogen-bond acceptors (Lipinski definition) is 5. The number of carbonyl (C=O) groups is 1. The van der Waals surface area contributed by atoms with Crippen molar-refractivity contribution in [3.05, 3.63) is 69.8 Å². The Balaban J connectivity index is 2.18. The maximum absolute atomic E-state index is 12.6. The van der Waals surface area contributed by atoms with Crippen LogP contribution in [0.25, 0.3) is 0 Å². The van der Waals surface area contributed by atoms with Crippen molar-refractivity contribution in [2.45, 2.75) is 19.9 Å². The Labute approximate surface area is 159 Å². The average molecular weight is 371 g/mol. The van der Waals surface area contributed by atoms with Crippen LogP contribution in [0.4, 0.5) is 5.69 Å². The SMILES string of the molecule is CCN(CC)C(CNC(=O)c1ccc(OC)c([N+](=O)[O-])c1)c1ccccc1. The van der Waals surface area contributed by atoms with E-state index in [1.165, 1.54) is 25.3 Å². The number of nitro benzene ring substituents is 1. The van der Waals surface area contributed by atoms with E-state index >= 15 is 0 Å². The Kier molecular flexibility index (Phi) is 7.31. The molecule has 0 bridgehead atoms. The molecule has 0 heterocycles. The first-order valence-corrected chi connectivity index (χ1v) is 8.91. The van der Waals surface area contributed by atoms with E-state index in [4.69, 9.17) is 4.74 Å². The number of amides is 1. The highest BCUT2D eigenvalue weighted by Gasteiger charge is 2.21. The lowest BCUT2D eigenvalue weighted by atomic mass is 10.0. The number of ether oxygens (including phenoxy) is 1. The van der Waals surface area contributed by atoms with Crippen LogP contribution in [-0.2, 0) is 0 Å². The highest BCUT2D eigenvalue weighted by molar-refractivity contribution is 5.95. The summed E-state index contributed by atoms with van der Waals surface area (Å²) in [5.41, 5.74) is 1.12. The Morgan fingerprint density at radius 2 is 1.85 bits per heavy atom. The minimum Gasteiger partial charge on any atom is -0.490 e. The van der Waals surface area contributed by atoms with Crippen LogP contribution in [0.15, 0.2) is 48.5 Å². The second-order valence-corrected chi connectivity index (χ2v) is 6.00. The summed E-state index contributed by atoms with van der Waals surface area (Å²) in [6.45, 7) is 6.26. The second-order valence-electron chi connectivity index (χ2n) is 6.00. The van der Waals surface area contributed by atoms with Gasteiger partial charge in [-0.2, -0.15) is 0 Å². The third-order valence-electron chi connectivity index (χ3n) is 4.53. The number of nitro groups is 1. The summed E-state index contributed by atoms with van der Waals surface area (Å²) in [4.78, 5) is 25.4. The zero-order chi connectivity index (χ0) is 19.8. The maximum Gasteiger partial charge on any atom is 0.311 e. The number of carbonyl (C=O) groups excluding carboxylic acids is 1. The van der Waals surface area contributed by atoms with Gasteiger partial charge in [0.25, 0.3) is 5.91 Å². The first kappa shape index (κ1) is 20.4. The number of hydrogen-bond donors (Lipinski definition) is 1. The molecule has 0 saturated carbocycles. The van der Waals surface area contributed by atoms with Crippen molar-refractivity contribution < 1.29 is 14.5 Å². The fourth-order valence-corrected chi connectivity index (χ4v) is 3.06. The molecule has 0 aliphatic carbocycles. The number of benzene rings is 2. The number of rotatable bonds is 9. The topological polar surface area (TPSA) is 84.7 Å². The van der Waals surface area contributed by atoms with Crippen molar-refractivity contribution in [2.75, 3.05) is 26.7 Å². The van der Waals surface area contributed by atoms with Crippen LogP contribution in [0.1, 0.15) is 35.8 Å². The molecule has 0 radical (unpaired) electrons. The quantitative estimate of drug-likeness (QED) is 0.539. The molecule has 2 aromatic carbocycles. The van der Waals surface area contributed by atoms with Crippen molar-refractivity contribution >= 4 is 11.6 Å². The number of nitrogens with zero attached hydrogens (tertiary/aromatic N) is 2. The largest absolute Gasteiger partial charge is 0.490 e. The van der Waals surface area contributed by atoms with Gasteiger partial charge >= 0.3 is 5.69 Å². The molecule has 0 aliphatic rings. The molecular weight excluding hydrogens is 346 g/mol. The van der Waals surface area contributed by atoms with Crippen molar-refractivity contribution in [2.24, 2.45) is 0 Å². The predicted octanol–water partition coefficient (Wildman–Crippen LogP) is 3.42. The number of likely N-dealkylation sites (N-methyl/N-ethyl adjacent to an activating group) is 1. The second kappa shape index (κ2) is 9.68. The summed E-state index contributed by atoms with van der Waals surface area (Å²) >= 11 is 0. The van der Waals surface area contributed by atoms with Crippen LogP contribution in [-0.4, -0.2) is 42.5 Å². The van der Waals surface area contributed by atoms with Crippen LogP contribution < -0.4 is 10.1 Å². The van der Waals surface area contributed by atoms with Crippen molar-refractivity contribution in [1.29, 1.82) is 0 Å². The highest BCUT2D eigenvalue weighted by atomic mass is 16.6. The van der Waals surface area contributed by atoms with E-state index in [0.29, 0.717) is 6.54 Å². The molecule has 2 aromatic rings. The summed E-state index contributed by atoms with van der Waals surface area (Å²) in [5, 5.41) is 14.1. The van der Waals surface area contributed by atoms with E-state index < -0.39 is 4.92 Å². The minimum absolute atomic E-state index is 0.0263. The first-order chi connectivity index (χ1) is 13.0. The molecule has 7 nitrogen and oxygen atoms in total. The summed E-state index contributed by atoms with van der Waals surface area (Å²) in [6, 6.07) is 14.2. The average Bonchev–Trinajstić information content (AvgIpc) is 2.70. The Hall–Kier alpha value is -2.93. The van der Waals surface area contributed by atoms with Gasteiger partial charge in [-0.15, -0.1) is 0 Å². The molecule has 1 amide bonds. The van der Waals surface area contributed by atoms with Gasteiger partial charge in [0.05, 0.1) is 18.1 Å². The Bertz CT molecular complexity index is 776. The lowest BCUT2D eigenvalue weighted by molar-refractivity contribution is -0.385. The molecule has 0 aromatic heterocycles. The fraction of sp³-hybridized carbons (Fsp3) is 0.350. The molecule has 27 heavy (non-hydrogen) atoms. The number of nitrogens with one attached hydrogen (secondary N) is 1. The third kappa shape index (κ3) is 5.04. The van der Waals surface area contributed by atoms with Gasteiger partial charge in [0, 0.05) is 18.2 Å².